The summed E-state index contributed by atoms with van der Waals surface area (Å²) in [6, 6.07) is 1.91. The highest BCUT2D eigenvalue weighted by atomic mass is 32.2. The maximum absolute atomic E-state index is 12.8. The molecular weight excluding hydrogens is 280 g/mol. The van der Waals surface area contributed by atoms with Gasteiger partial charge < -0.3 is 5.32 Å². The van der Waals surface area contributed by atoms with E-state index in [1.165, 1.54) is 0 Å². The molecule has 0 aliphatic carbocycles. The first-order valence-corrected chi connectivity index (χ1v) is 9.02. The average molecular weight is 302 g/mol. The van der Waals surface area contributed by atoms with E-state index in [4.69, 9.17) is 0 Å². The van der Waals surface area contributed by atoms with Gasteiger partial charge in [0.25, 0.3) is 0 Å². The lowest BCUT2D eigenvalue weighted by molar-refractivity contribution is 0.335. The Kier molecular flexibility index (Phi) is 4.66. The summed E-state index contributed by atoms with van der Waals surface area (Å²) in [5.41, 5.74) is 0. The molecule has 19 heavy (non-hydrogen) atoms. The molecule has 108 valence electrons. The first-order valence-electron chi connectivity index (χ1n) is 6.76. The lowest BCUT2D eigenvalue weighted by atomic mass is 10.2. The minimum atomic E-state index is -3.35. The second-order valence-corrected chi connectivity index (χ2v) is 8.36. The predicted octanol–water partition coefficient (Wildman–Crippen LogP) is 2.13. The third kappa shape index (κ3) is 3.02. The van der Waals surface area contributed by atoms with Gasteiger partial charge in [0.05, 0.1) is 4.90 Å². The van der Waals surface area contributed by atoms with Gasteiger partial charge in [-0.05, 0) is 39.3 Å². The molecule has 0 spiro atoms. The highest BCUT2D eigenvalue weighted by Crippen LogP contribution is 2.29. The molecule has 4 nitrogen and oxygen atoms in total. The minimum Gasteiger partial charge on any atom is -0.315 e. The van der Waals surface area contributed by atoms with Gasteiger partial charge >= 0.3 is 0 Å². The minimum absolute atomic E-state index is 0.101. The lowest BCUT2D eigenvalue weighted by Gasteiger charge is -2.27. The molecule has 1 aromatic heterocycles. The highest BCUT2D eigenvalue weighted by Gasteiger charge is 2.34. The van der Waals surface area contributed by atoms with Gasteiger partial charge in [-0.3, -0.25) is 0 Å². The van der Waals surface area contributed by atoms with Crippen LogP contribution in [0.15, 0.2) is 11.0 Å². The van der Waals surface area contributed by atoms with Crippen molar-refractivity contribution in [2.24, 2.45) is 0 Å². The van der Waals surface area contributed by atoms with Crippen molar-refractivity contribution in [2.45, 2.75) is 44.6 Å². The van der Waals surface area contributed by atoms with Gasteiger partial charge in [0.2, 0.25) is 10.0 Å². The Hall–Kier alpha value is -0.430. The summed E-state index contributed by atoms with van der Waals surface area (Å²) in [6.45, 7) is 8.14. The smallest absolute Gasteiger partial charge is 0.244 e. The molecule has 1 aliphatic heterocycles. The van der Waals surface area contributed by atoms with Gasteiger partial charge in [-0.15, -0.1) is 11.3 Å². The summed E-state index contributed by atoms with van der Waals surface area (Å²) in [5.74, 6) is 0. The van der Waals surface area contributed by atoms with E-state index >= 15 is 0 Å². The predicted molar refractivity (Wildman–Crippen MR) is 79.3 cm³/mol. The van der Waals surface area contributed by atoms with Crippen molar-refractivity contribution in [2.75, 3.05) is 19.6 Å². The van der Waals surface area contributed by atoms with Crippen molar-refractivity contribution in [1.82, 2.24) is 9.62 Å². The quantitative estimate of drug-likeness (QED) is 0.906. The molecular formula is C13H22N2O2S2. The zero-order chi connectivity index (χ0) is 14.0. The van der Waals surface area contributed by atoms with Crippen molar-refractivity contribution >= 4 is 21.4 Å². The Morgan fingerprint density at radius 3 is 2.68 bits per heavy atom. The Labute approximate surface area is 119 Å². The summed E-state index contributed by atoms with van der Waals surface area (Å²) in [4.78, 5) is 2.44. The first-order chi connectivity index (χ1) is 8.96. The van der Waals surface area contributed by atoms with E-state index in [0.717, 1.165) is 35.7 Å². The molecule has 2 rings (SSSR count). The third-order valence-corrected chi connectivity index (χ3v) is 6.64. The van der Waals surface area contributed by atoms with Gasteiger partial charge in [-0.1, -0.05) is 6.92 Å². The van der Waals surface area contributed by atoms with Crippen LogP contribution in [0.5, 0.6) is 0 Å². The monoisotopic (exact) mass is 302 g/mol. The van der Waals surface area contributed by atoms with Crippen LogP contribution in [0, 0.1) is 13.8 Å². The van der Waals surface area contributed by atoms with Crippen molar-refractivity contribution in [3.8, 4) is 0 Å². The fraction of sp³-hybridized carbons (Fsp3) is 0.692. The van der Waals surface area contributed by atoms with Gasteiger partial charge in [0.1, 0.15) is 0 Å². The van der Waals surface area contributed by atoms with E-state index in [9.17, 15) is 8.42 Å². The van der Waals surface area contributed by atoms with Crippen LogP contribution in [-0.4, -0.2) is 38.4 Å². The Morgan fingerprint density at radius 2 is 2.21 bits per heavy atom. The van der Waals surface area contributed by atoms with E-state index in [0.29, 0.717) is 11.4 Å². The molecule has 1 atom stereocenters. The van der Waals surface area contributed by atoms with Crippen molar-refractivity contribution in [1.29, 1.82) is 0 Å². The van der Waals surface area contributed by atoms with E-state index in [1.807, 2.05) is 20.8 Å². The number of nitrogens with one attached hydrogen (secondary N) is 1. The number of sulfonamides is 1. The van der Waals surface area contributed by atoms with Crippen molar-refractivity contribution in [3.63, 3.8) is 0 Å². The normalized spacial score (nSPS) is 20.3. The van der Waals surface area contributed by atoms with Gasteiger partial charge in [-0.2, -0.15) is 4.31 Å². The van der Waals surface area contributed by atoms with Crippen LogP contribution in [0.3, 0.4) is 0 Å². The maximum atomic E-state index is 12.8. The van der Waals surface area contributed by atoms with Crippen molar-refractivity contribution in [3.05, 3.63) is 15.8 Å². The molecule has 1 N–H and O–H groups in total. The Morgan fingerprint density at radius 1 is 1.47 bits per heavy atom. The molecule has 6 heteroatoms. The zero-order valence-corrected chi connectivity index (χ0v) is 13.4. The molecule has 1 fully saturated rings. The van der Waals surface area contributed by atoms with Crippen LogP contribution < -0.4 is 5.32 Å². The number of aryl methyl sites for hydroxylation is 2. The summed E-state index contributed by atoms with van der Waals surface area (Å²) in [5, 5.41) is 3.25. The van der Waals surface area contributed by atoms with Crippen LogP contribution >= 0.6 is 11.3 Å². The molecule has 1 unspecified atom stereocenters. The van der Waals surface area contributed by atoms with Crippen LogP contribution in [0.4, 0.5) is 0 Å². The van der Waals surface area contributed by atoms with Gasteiger partial charge in [0, 0.05) is 28.9 Å². The van der Waals surface area contributed by atoms with E-state index in [-0.39, 0.29) is 6.04 Å². The number of hydrogen-bond acceptors (Lipinski definition) is 4. The molecule has 0 aromatic carbocycles. The highest BCUT2D eigenvalue weighted by molar-refractivity contribution is 7.89. The zero-order valence-electron chi connectivity index (χ0n) is 11.8. The maximum Gasteiger partial charge on any atom is 0.244 e. The van der Waals surface area contributed by atoms with E-state index in [1.54, 1.807) is 21.7 Å². The molecule has 2 heterocycles. The van der Waals surface area contributed by atoms with Gasteiger partial charge in [0.15, 0.2) is 0 Å². The summed E-state index contributed by atoms with van der Waals surface area (Å²) in [6.07, 6.45) is 1.75. The second kappa shape index (κ2) is 5.91. The molecule has 0 bridgehead atoms. The fourth-order valence-corrected chi connectivity index (χ4v) is 5.87. The van der Waals surface area contributed by atoms with Crippen molar-refractivity contribution < 1.29 is 8.42 Å². The Balaban J connectivity index is 2.36. The lowest BCUT2D eigenvalue weighted by Crippen LogP contribution is -2.42. The second-order valence-electron chi connectivity index (χ2n) is 5.04. The van der Waals surface area contributed by atoms with Crippen LogP contribution in [0.25, 0.3) is 0 Å². The third-order valence-electron chi connectivity index (χ3n) is 3.47. The van der Waals surface area contributed by atoms with Crippen LogP contribution in [0.1, 0.15) is 29.5 Å². The van der Waals surface area contributed by atoms with Crippen LogP contribution in [0.2, 0.25) is 0 Å². The molecule has 0 amide bonds. The molecule has 1 aromatic rings. The molecule has 1 aliphatic rings. The number of rotatable bonds is 5. The van der Waals surface area contributed by atoms with Crippen LogP contribution in [-0.2, 0) is 10.0 Å². The first kappa shape index (κ1) is 15.0. The number of thiophene rings is 1. The molecule has 0 radical (unpaired) electrons. The summed E-state index contributed by atoms with van der Waals surface area (Å²) in [7, 11) is -3.35. The number of nitrogens with zero attached hydrogens (tertiary/aromatic N) is 1. The molecule has 1 saturated heterocycles. The van der Waals surface area contributed by atoms with Gasteiger partial charge in [-0.25, -0.2) is 8.42 Å². The van der Waals surface area contributed by atoms with E-state index in [2.05, 4.69) is 5.32 Å². The van der Waals surface area contributed by atoms with E-state index < -0.39 is 10.0 Å². The summed E-state index contributed by atoms with van der Waals surface area (Å²) >= 11 is 1.55. The largest absolute Gasteiger partial charge is 0.315 e. The fourth-order valence-electron chi connectivity index (χ4n) is 2.59. The summed E-state index contributed by atoms with van der Waals surface area (Å²) < 4.78 is 27.4. The number of hydrogen-bond donors (Lipinski definition) is 1. The Bertz CT molecular complexity index is 531. The average Bonchev–Trinajstić information content (AvgIpc) is 2.95. The molecule has 0 saturated carbocycles. The topological polar surface area (TPSA) is 49.4 Å². The standard InChI is InChI=1S/C13H22N2O2S2/c1-4-7-15(12-5-6-14-9-12)19(16,17)13-8-10(2)18-11(13)3/h8,12,14H,4-7,9H2,1-3H3. The SMILES string of the molecule is CCCN(C1CCNC1)S(=O)(=O)c1cc(C)sc1C.